The summed E-state index contributed by atoms with van der Waals surface area (Å²) in [5.41, 5.74) is 3.04. The molecule has 2 aromatic carbocycles. The zero-order valence-electron chi connectivity index (χ0n) is 20.4. The van der Waals surface area contributed by atoms with E-state index in [1.54, 1.807) is 36.4 Å². The second-order valence-electron chi connectivity index (χ2n) is 9.69. The molecule has 1 atom stereocenters. The van der Waals surface area contributed by atoms with Gasteiger partial charge in [0.1, 0.15) is 17.6 Å². The molecule has 7 heteroatoms. The number of amides is 2. The first-order valence-electron chi connectivity index (χ1n) is 11.3. The number of hydrogen-bond donors (Lipinski definition) is 2. The van der Waals surface area contributed by atoms with Gasteiger partial charge in [-0.1, -0.05) is 32.9 Å². The fraction of sp³-hybridized carbons (Fsp3) is 0.250. The Morgan fingerprint density at radius 3 is 2.31 bits per heavy atom. The minimum Gasteiger partial charge on any atom is -0.507 e. The van der Waals surface area contributed by atoms with Gasteiger partial charge in [-0.05, 0) is 65.9 Å². The summed E-state index contributed by atoms with van der Waals surface area (Å²) in [6, 6.07) is 14.7. The van der Waals surface area contributed by atoms with Gasteiger partial charge in [-0.3, -0.25) is 19.3 Å². The molecule has 0 bridgehead atoms. The maximum Gasteiger partial charge on any atom is 0.300 e. The number of nitrogens with zero attached hydrogens (tertiary/aromatic N) is 1. The number of hydrogen-bond acceptors (Lipinski definition) is 5. The highest BCUT2D eigenvalue weighted by molar-refractivity contribution is 6.51. The third-order valence-corrected chi connectivity index (χ3v) is 6.08. The van der Waals surface area contributed by atoms with Crippen molar-refractivity contribution in [3.05, 3.63) is 88.9 Å². The standard InChI is InChI=1S/C28H28N2O5/c1-16-8-9-18(28(3,4)5)15-21(16)25(32)23-24(22-7-6-14-35-22)30(27(34)26(23)33)20-12-10-19(11-13-20)29-17(2)31/h6-15,24,32H,1-5H3,(H,29,31)/b25-23+. The van der Waals surface area contributed by atoms with Crippen LogP contribution in [-0.2, 0) is 19.8 Å². The largest absolute Gasteiger partial charge is 0.507 e. The van der Waals surface area contributed by atoms with Crippen LogP contribution in [0.15, 0.2) is 70.9 Å². The highest BCUT2D eigenvalue weighted by atomic mass is 16.3. The van der Waals surface area contributed by atoms with E-state index in [0.717, 1.165) is 11.1 Å². The van der Waals surface area contributed by atoms with E-state index in [1.165, 1.54) is 18.1 Å². The molecule has 0 saturated carbocycles. The lowest BCUT2D eigenvalue weighted by Gasteiger charge is -2.24. The van der Waals surface area contributed by atoms with E-state index in [4.69, 9.17) is 4.42 Å². The van der Waals surface area contributed by atoms with Gasteiger partial charge in [0.2, 0.25) is 5.91 Å². The number of nitrogens with one attached hydrogen (secondary N) is 1. The second-order valence-corrected chi connectivity index (χ2v) is 9.69. The second kappa shape index (κ2) is 8.91. The Hall–Kier alpha value is -4.13. The Labute approximate surface area is 204 Å². The molecule has 2 N–H and O–H groups in total. The lowest BCUT2D eigenvalue weighted by molar-refractivity contribution is -0.132. The van der Waals surface area contributed by atoms with E-state index in [1.807, 2.05) is 25.1 Å². The van der Waals surface area contributed by atoms with Crippen LogP contribution in [0.25, 0.3) is 5.76 Å². The average molecular weight is 473 g/mol. The molecule has 0 radical (unpaired) electrons. The number of aryl methyl sites for hydroxylation is 1. The third-order valence-electron chi connectivity index (χ3n) is 6.08. The Morgan fingerprint density at radius 1 is 1.06 bits per heavy atom. The number of furan rings is 1. The zero-order valence-corrected chi connectivity index (χ0v) is 20.4. The van der Waals surface area contributed by atoms with Crippen molar-refractivity contribution in [3.8, 4) is 0 Å². The van der Waals surface area contributed by atoms with E-state index >= 15 is 0 Å². The quantitative estimate of drug-likeness (QED) is 0.298. The SMILES string of the molecule is CC(=O)Nc1ccc(N2C(=O)C(=O)/C(=C(/O)c3cc(C(C)(C)C)ccc3C)C2c2ccco2)cc1. The Bertz CT molecular complexity index is 1330. The van der Waals surface area contributed by atoms with Crippen LogP contribution in [0.5, 0.6) is 0 Å². The maximum atomic E-state index is 13.3. The summed E-state index contributed by atoms with van der Waals surface area (Å²) in [4.78, 5) is 39.2. The summed E-state index contributed by atoms with van der Waals surface area (Å²) in [5.74, 6) is -1.69. The van der Waals surface area contributed by atoms with Crippen LogP contribution >= 0.6 is 0 Å². The number of Topliss-reactive ketones (excluding diaryl/α,β-unsaturated/α-hetero) is 1. The molecule has 1 aliphatic heterocycles. The van der Waals surface area contributed by atoms with Gasteiger partial charge in [0.05, 0.1) is 11.8 Å². The van der Waals surface area contributed by atoms with Crippen LogP contribution < -0.4 is 10.2 Å². The normalized spacial score (nSPS) is 17.6. The molecule has 2 heterocycles. The predicted octanol–water partition coefficient (Wildman–Crippen LogP) is 5.47. The minimum atomic E-state index is -0.950. The van der Waals surface area contributed by atoms with E-state index in [9.17, 15) is 19.5 Å². The molecular weight excluding hydrogens is 444 g/mol. The topological polar surface area (TPSA) is 99.9 Å². The number of rotatable bonds is 4. The zero-order chi connectivity index (χ0) is 25.5. The first-order valence-corrected chi connectivity index (χ1v) is 11.3. The molecule has 1 fully saturated rings. The van der Waals surface area contributed by atoms with Gasteiger partial charge >= 0.3 is 0 Å². The highest BCUT2D eigenvalue weighted by Gasteiger charge is 2.48. The number of ketones is 1. The lowest BCUT2D eigenvalue weighted by atomic mass is 9.84. The molecule has 7 nitrogen and oxygen atoms in total. The van der Waals surface area contributed by atoms with E-state index in [-0.39, 0.29) is 22.7 Å². The van der Waals surface area contributed by atoms with Crippen molar-refractivity contribution in [2.75, 3.05) is 10.2 Å². The molecule has 2 amide bonds. The molecule has 35 heavy (non-hydrogen) atoms. The van der Waals surface area contributed by atoms with Crippen LogP contribution in [-0.4, -0.2) is 22.7 Å². The van der Waals surface area contributed by atoms with E-state index in [0.29, 0.717) is 22.7 Å². The van der Waals surface area contributed by atoms with E-state index in [2.05, 4.69) is 26.1 Å². The molecule has 1 aliphatic rings. The summed E-state index contributed by atoms with van der Waals surface area (Å²) in [6.07, 6.45) is 1.46. The first-order chi connectivity index (χ1) is 16.5. The van der Waals surface area contributed by atoms with Crippen LogP contribution in [0, 0.1) is 6.92 Å². The molecule has 1 aromatic heterocycles. The number of carbonyl (C=O) groups is 3. The fourth-order valence-electron chi connectivity index (χ4n) is 4.21. The number of aliphatic hydroxyl groups is 1. The van der Waals surface area contributed by atoms with Gasteiger partial charge in [0, 0.05) is 23.9 Å². The summed E-state index contributed by atoms with van der Waals surface area (Å²) < 4.78 is 5.62. The smallest absolute Gasteiger partial charge is 0.300 e. The van der Waals surface area contributed by atoms with Gasteiger partial charge in [0.15, 0.2) is 0 Å². The fourth-order valence-corrected chi connectivity index (χ4v) is 4.21. The predicted molar refractivity (Wildman–Crippen MR) is 134 cm³/mol. The summed E-state index contributed by atoms with van der Waals surface area (Å²) in [7, 11) is 0. The van der Waals surface area contributed by atoms with Gasteiger partial charge in [0.25, 0.3) is 11.7 Å². The minimum absolute atomic E-state index is 0.0370. The number of benzene rings is 2. The highest BCUT2D eigenvalue weighted by Crippen LogP contribution is 2.43. The molecule has 1 unspecified atom stereocenters. The molecule has 180 valence electrons. The number of anilines is 2. The molecule has 3 aromatic rings. The van der Waals surface area contributed by atoms with Crippen molar-refractivity contribution in [2.45, 2.75) is 46.1 Å². The number of aliphatic hydroxyl groups excluding tert-OH is 1. The van der Waals surface area contributed by atoms with Crippen LogP contribution in [0.3, 0.4) is 0 Å². The van der Waals surface area contributed by atoms with Gasteiger partial charge in [-0.2, -0.15) is 0 Å². The lowest BCUT2D eigenvalue weighted by Crippen LogP contribution is -2.29. The molecular formula is C28H28N2O5. The van der Waals surface area contributed by atoms with Gasteiger partial charge < -0.3 is 14.8 Å². The van der Waals surface area contributed by atoms with Crippen molar-refractivity contribution in [1.29, 1.82) is 0 Å². The molecule has 0 aliphatic carbocycles. The van der Waals surface area contributed by atoms with Gasteiger partial charge in [-0.15, -0.1) is 0 Å². The van der Waals surface area contributed by atoms with Crippen molar-refractivity contribution >= 4 is 34.7 Å². The molecule has 0 spiro atoms. The maximum absolute atomic E-state index is 13.3. The van der Waals surface area contributed by atoms with Crippen LogP contribution in [0.1, 0.15) is 56.2 Å². The Morgan fingerprint density at radius 2 is 1.74 bits per heavy atom. The monoisotopic (exact) mass is 472 g/mol. The number of carbonyl (C=O) groups excluding carboxylic acids is 3. The van der Waals surface area contributed by atoms with Crippen LogP contribution in [0.4, 0.5) is 11.4 Å². The summed E-state index contributed by atoms with van der Waals surface area (Å²) in [5, 5.41) is 14.1. The Balaban J connectivity index is 1.88. The van der Waals surface area contributed by atoms with Crippen molar-refractivity contribution in [3.63, 3.8) is 0 Å². The first kappa shape index (κ1) is 24.0. The van der Waals surface area contributed by atoms with E-state index < -0.39 is 17.7 Å². The molecule has 1 saturated heterocycles. The van der Waals surface area contributed by atoms with Crippen LogP contribution in [0.2, 0.25) is 0 Å². The van der Waals surface area contributed by atoms with Crippen molar-refractivity contribution < 1.29 is 23.9 Å². The van der Waals surface area contributed by atoms with Crippen molar-refractivity contribution in [2.24, 2.45) is 0 Å². The molecule has 4 rings (SSSR count). The summed E-state index contributed by atoms with van der Waals surface area (Å²) >= 11 is 0. The summed E-state index contributed by atoms with van der Waals surface area (Å²) in [6.45, 7) is 9.44. The average Bonchev–Trinajstić information content (AvgIpc) is 3.40. The third kappa shape index (κ3) is 4.49. The van der Waals surface area contributed by atoms with Gasteiger partial charge in [-0.25, -0.2) is 0 Å². The van der Waals surface area contributed by atoms with Crippen molar-refractivity contribution in [1.82, 2.24) is 0 Å². The Kier molecular flexibility index (Phi) is 6.11.